The molecule has 1 aliphatic heterocycles. The summed E-state index contributed by atoms with van der Waals surface area (Å²) in [5, 5.41) is 9.06. The highest BCUT2D eigenvalue weighted by molar-refractivity contribution is 5.31. The van der Waals surface area contributed by atoms with Crippen molar-refractivity contribution in [1.29, 1.82) is 0 Å². The molecule has 0 aromatic carbocycles. The van der Waals surface area contributed by atoms with Gasteiger partial charge in [-0.3, -0.25) is 0 Å². The molecule has 1 atom stereocenters. The van der Waals surface area contributed by atoms with Crippen molar-refractivity contribution in [2.45, 2.75) is 32.5 Å². The molecule has 0 saturated carbocycles. The lowest BCUT2D eigenvalue weighted by Gasteiger charge is -2.21. The SMILES string of the molecule is Cc1nc(N(C)CC2CCCO2)ncc1CO. The zero-order chi connectivity index (χ0) is 12.3. The number of aryl methyl sites for hydroxylation is 1. The Kier molecular flexibility index (Phi) is 3.91. The number of aliphatic hydroxyl groups excluding tert-OH is 1. The molecule has 0 spiro atoms. The molecule has 2 rings (SSSR count). The van der Waals surface area contributed by atoms with Crippen molar-refractivity contribution in [3.05, 3.63) is 17.5 Å². The van der Waals surface area contributed by atoms with E-state index in [2.05, 4.69) is 9.97 Å². The molecular weight excluding hydrogens is 218 g/mol. The minimum atomic E-state index is -0.0123. The average Bonchev–Trinajstić information content (AvgIpc) is 2.81. The molecule has 0 amide bonds. The second-order valence-corrected chi connectivity index (χ2v) is 4.45. The van der Waals surface area contributed by atoms with Crippen LogP contribution in [0.15, 0.2) is 6.20 Å². The first-order chi connectivity index (χ1) is 8.20. The van der Waals surface area contributed by atoms with Gasteiger partial charge >= 0.3 is 0 Å². The summed E-state index contributed by atoms with van der Waals surface area (Å²) >= 11 is 0. The van der Waals surface area contributed by atoms with Crippen molar-refractivity contribution in [2.75, 3.05) is 25.1 Å². The summed E-state index contributed by atoms with van der Waals surface area (Å²) in [5.41, 5.74) is 1.61. The second-order valence-electron chi connectivity index (χ2n) is 4.45. The zero-order valence-electron chi connectivity index (χ0n) is 10.4. The smallest absolute Gasteiger partial charge is 0.225 e. The number of anilines is 1. The van der Waals surface area contributed by atoms with Gasteiger partial charge in [-0.05, 0) is 19.8 Å². The van der Waals surface area contributed by atoms with Gasteiger partial charge in [0.15, 0.2) is 0 Å². The first kappa shape index (κ1) is 12.3. The van der Waals surface area contributed by atoms with Crippen LogP contribution in [0.1, 0.15) is 24.1 Å². The van der Waals surface area contributed by atoms with E-state index in [4.69, 9.17) is 9.84 Å². The standard InChI is InChI=1S/C12H19N3O2/c1-9-10(8-16)6-13-12(14-9)15(2)7-11-4-3-5-17-11/h6,11,16H,3-5,7-8H2,1-2H3. The third kappa shape index (κ3) is 2.92. The molecular formula is C12H19N3O2. The van der Waals surface area contributed by atoms with Gasteiger partial charge in [0.25, 0.3) is 0 Å². The van der Waals surface area contributed by atoms with Crippen molar-refractivity contribution >= 4 is 5.95 Å². The fraction of sp³-hybridized carbons (Fsp3) is 0.667. The molecule has 0 bridgehead atoms. The lowest BCUT2D eigenvalue weighted by atomic mass is 10.2. The Morgan fingerprint density at radius 1 is 1.59 bits per heavy atom. The van der Waals surface area contributed by atoms with Crippen molar-refractivity contribution in [2.24, 2.45) is 0 Å². The Bertz CT molecular complexity index is 378. The molecule has 1 aromatic heterocycles. The minimum Gasteiger partial charge on any atom is -0.392 e. The van der Waals surface area contributed by atoms with Gasteiger partial charge in [0, 0.05) is 37.7 Å². The molecule has 1 unspecified atom stereocenters. The quantitative estimate of drug-likeness (QED) is 0.843. The van der Waals surface area contributed by atoms with Crippen molar-refractivity contribution in [1.82, 2.24) is 9.97 Å². The number of nitrogens with zero attached hydrogens (tertiary/aromatic N) is 3. The summed E-state index contributed by atoms with van der Waals surface area (Å²) < 4.78 is 5.58. The van der Waals surface area contributed by atoms with E-state index in [1.54, 1.807) is 6.20 Å². The highest BCUT2D eigenvalue weighted by atomic mass is 16.5. The highest BCUT2D eigenvalue weighted by Crippen LogP contribution is 2.16. The third-order valence-corrected chi connectivity index (χ3v) is 3.08. The van der Waals surface area contributed by atoms with Crippen LogP contribution in [0.2, 0.25) is 0 Å². The Hall–Kier alpha value is -1.20. The number of likely N-dealkylation sites (N-methyl/N-ethyl adjacent to an activating group) is 1. The number of rotatable bonds is 4. The molecule has 1 N–H and O–H groups in total. The number of aliphatic hydroxyl groups is 1. The molecule has 94 valence electrons. The lowest BCUT2D eigenvalue weighted by molar-refractivity contribution is 0.116. The van der Waals surface area contributed by atoms with Gasteiger partial charge in [0.05, 0.1) is 12.7 Å². The van der Waals surface area contributed by atoms with E-state index < -0.39 is 0 Å². The Balaban J connectivity index is 2.02. The van der Waals surface area contributed by atoms with E-state index >= 15 is 0 Å². The van der Waals surface area contributed by atoms with Crippen molar-refractivity contribution in [3.8, 4) is 0 Å². The third-order valence-electron chi connectivity index (χ3n) is 3.08. The first-order valence-corrected chi connectivity index (χ1v) is 5.97. The Morgan fingerprint density at radius 2 is 2.41 bits per heavy atom. The van der Waals surface area contributed by atoms with Gasteiger partial charge in [-0.1, -0.05) is 0 Å². The molecule has 1 fully saturated rings. The number of hydrogen-bond acceptors (Lipinski definition) is 5. The number of hydrogen-bond donors (Lipinski definition) is 1. The molecule has 17 heavy (non-hydrogen) atoms. The van der Waals surface area contributed by atoms with Crippen LogP contribution < -0.4 is 4.90 Å². The number of aromatic nitrogens is 2. The monoisotopic (exact) mass is 237 g/mol. The van der Waals surface area contributed by atoms with Crippen LogP contribution in [0.5, 0.6) is 0 Å². The normalized spacial score (nSPS) is 19.6. The van der Waals surface area contributed by atoms with Gasteiger partial charge in [-0.15, -0.1) is 0 Å². The van der Waals surface area contributed by atoms with Gasteiger partial charge in [0.2, 0.25) is 5.95 Å². The molecule has 1 aromatic rings. The Morgan fingerprint density at radius 3 is 3.00 bits per heavy atom. The molecule has 5 heteroatoms. The van der Waals surface area contributed by atoms with E-state index in [9.17, 15) is 0 Å². The topological polar surface area (TPSA) is 58.5 Å². The lowest BCUT2D eigenvalue weighted by Crippen LogP contribution is -2.30. The van der Waals surface area contributed by atoms with Crippen LogP contribution in [0, 0.1) is 6.92 Å². The van der Waals surface area contributed by atoms with Crippen LogP contribution in [-0.4, -0.2) is 41.4 Å². The fourth-order valence-corrected chi connectivity index (χ4v) is 1.99. The minimum absolute atomic E-state index is 0.0123. The summed E-state index contributed by atoms with van der Waals surface area (Å²) in [6.07, 6.45) is 4.23. The summed E-state index contributed by atoms with van der Waals surface area (Å²) in [7, 11) is 1.97. The fourth-order valence-electron chi connectivity index (χ4n) is 1.99. The van der Waals surface area contributed by atoms with E-state index in [1.165, 1.54) is 0 Å². The van der Waals surface area contributed by atoms with Crippen molar-refractivity contribution < 1.29 is 9.84 Å². The zero-order valence-corrected chi connectivity index (χ0v) is 10.4. The molecule has 1 saturated heterocycles. The molecule has 0 radical (unpaired) electrons. The molecule has 2 heterocycles. The van der Waals surface area contributed by atoms with Crippen LogP contribution in [0.3, 0.4) is 0 Å². The highest BCUT2D eigenvalue weighted by Gasteiger charge is 2.18. The van der Waals surface area contributed by atoms with E-state index in [1.807, 2.05) is 18.9 Å². The van der Waals surface area contributed by atoms with E-state index in [0.717, 1.165) is 37.3 Å². The van der Waals surface area contributed by atoms with Crippen LogP contribution in [0.4, 0.5) is 5.95 Å². The van der Waals surface area contributed by atoms with Gasteiger partial charge in [-0.2, -0.15) is 0 Å². The summed E-state index contributed by atoms with van der Waals surface area (Å²) in [4.78, 5) is 10.6. The van der Waals surface area contributed by atoms with E-state index in [-0.39, 0.29) is 6.61 Å². The summed E-state index contributed by atoms with van der Waals surface area (Å²) in [6.45, 7) is 3.55. The van der Waals surface area contributed by atoms with Gasteiger partial charge in [0.1, 0.15) is 0 Å². The maximum atomic E-state index is 9.06. The predicted molar refractivity (Wildman–Crippen MR) is 64.9 cm³/mol. The molecule has 5 nitrogen and oxygen atoms in total. The van der Waals surface area contributed by atoms with Crippen LogP contribution >= 0.6 is 0 Å². The molecule has 0 aliphatic carbocycles. The van der Waals surface area contributed by atoms with Crippen LogP contribution in [0.25, 0.3) is 0 Å². The van der Waals surface area contributed by atoms with Gasteiger partial charge in [-0.25, -0.2) is 9.97 Å². The summed E-state index contributed by atoms with van der Waals surface area (Å²) in [6, 6.07) is 0. The van der Waals surface area contributed by atoms with Crippen molar-refractivity contribution in [3.63, 3.8) is 0 Å². The summed E-state index contributed by atoms with van der Waals surface area (Å²) in [5.74, 6) is 0.690. The average molecular weight is 237 g/mol. The maximum absolute atomic E-state index is 9.06. The largest absolute Gasteiger partial charge is 0.392 e. The second kappa shape index (κ2) is 5.42. The number of ether oxygens (including phenoxy) is 1. The Labute approximate surface area is 101 Å². The molecule has 1 aliphatic rings. The van der Waals surface area contributed by atoms with E-state index in [0.29, 0.717) is 12.1 Å². The van der Waals surface area contributed by atoms with Crippen LogP contribution in [-0.2, 0) is 11.3 Å². The van der Waals surface area contributed by atoms with Gasteiger partial charge < -0.3 is 14.7 Å². The predicted octanol–water partition coefficient (Wildman–Crippen LogP) is 0.893. The first-order valence-electron chi connectivity index (χ1n) is 5.97. The maximum Gasteiger partial charge on any atom is 0.225 e.